The van der Waals surface area contributed by atoms with Crippen LogP contribution in [0.5, 0.6) is 0 Å². The number of hydrogen-bond donors (Lipinski definition) is 2. The molecule has 1 amide bonds. The first-order chi connectivity index (χ1) is 11.2. The normalized spacial score (nSPS) is 11.4. The van der Waals surface area contributed by atoms with Gasteiger partial charge in [0.05, 0.1) is 16.6 Å². The van der Waals surface area contributed by atoms with Gasteiger partial charge in [-0.1, -0.05) is 12.1 Å². The Balaban J connectivity index is 2.14. The summed E-state index contributed by atoms with van der Waals surface area (Å²) >= 11 is 0. The van der Waals surface area contributed by atoms with E-state index in [0.29, 0.717) is 33.1 Å². The molecule has 2 heterocycles. The van der Waals surface area contributed by atoms with E-state index in [-0.39, 0.29) is 18.3 Å². The van der Waals surface area contributed by atoms with Crippen LogP contribution < -0.4 is 11.3 Å². The van der Waals surface area contributed by atoms with E-state index < -0.39 is 0 Å². The average Bonchev–Trinajstić information content (AvgIpc) is 2.85. The molecule has 0 aliphatic rings. The molecule has 4 aromatic rings. The van der Waals surface area contributed by atoms with Crippen LogP contribution in [0.3, 0.4) is 0 Å². The molecule has 0 saturated heterocycles. The predicted octanol–water partition coefficient (Wildman–Crippen LogP) is 1.87. The first-order valence-electron chi connectivity index (χ1n) is 7.01. The van der Waals surface area contributed by atoms with E-state index in [1.54, 1.807) is 10.6 Å². The lowest BCUT2D eigenvalue weighted by Crippen LogP contribution is -2.33. The highest BCUT2D eigenvalue weighted by Crippen LogP contribution is 2.28. The van der Waals surface area contributed by atoms with Crippen molar-refractivity contribution < 1.29 is 9.18 Å². The van der Waals surface area contributed by atoms with Crippen molar-refractivity contribution in [2.24, 2.45) is 5.84 Å². The highest BCUT2D eigenvalue weighted by molar-refractivity contribution is 6.07. The van der Waals surface area contributed by atoms with Crippen LogP contribution in [0.25, 0.3) is 33.1 Å². The van der Waals surface area contributed by atoms with Crippen molar-refractivity contribution in [3.05, 3.63) is 48.3 Å². The minimum Gasteiger partial charge on any atom is -0.314 e. The molecule has 0 saturated carbocycles. The summed E-state index contributed by atoms with van der Waals surface area (Å²) in [6, 6.07) is 11.8. The Morgan fingerprint density at radius 3 is 2.65 bits per heavy atom. The van der Waals surface area contributed by atoms with E-state index >= 15 is 0 Å². The molecule has 2 aromatic carbocycles. The lowest BCUT2D eigenvalue weighted by molar-refractivity contribution is -0.121. The van der Waals surface area contributed by atoms with E-state index in [9.17, 15) is 9.18 Å². The number of hydrazine groups is 1. The van der Waals surface area contributed by atoms with Gasteiger partial charge in [0.15, 0.2) is 5.65 Å². The van der Waals surface area contributed by atoms with Crippen LogP contribution in [0.1, 0.15) is 0 Å². The molecule has 0 unspecified atom stereocenters. The third-order valence-corrected chi connectivity index (χ3v) is 3.78. The third kappa shape index (κ3) is 2.09. The van der Waals surface area contributed by atoms with Gasteiger partial charge in [0.1, 0.15) is 17.9 Å². The zero-order valence-corrected chi connectivity index (χ0v) is 12.0. The van der Waals surface area contributed by atoms with Crippen LogP contribution in [0.2, 0.25) is 0 Å². The molecule has 0 aliphatic carbocycles. The number of amides is 1. The minimum absolute atomic E-state index is 0.0187. The molecule has 0 spiro atoms. The van der Waals surface area contributed by atoms with E-state index in [1.165, 1.54) is 12.1 Å². The number of aromatic nitrogens is 3. The zero-order valence-electron chi connectivity index (χ0n) is 12.0. The van der Waals surface area contributed by atoms with E-state index in [1.807, 2.05) is 24.3 Å². The number of rotatable bonds is 2. The van der Waals surface area contributed by atoms with Crippen molar-refractivity contribution in [3.63, 3.8) is 0 Å². The van der Waals surface area contributed by atoms with Gasteiger partial charge in [-0.15, -0.1) is 0 Å². The van der Waals surface area contributed by atoms with Crippen LogP contribution in [0, 0.1) is 5.82 Å². The van der Waals surface area contributed by atoms with Crippen molar-refractivity contribution in [3.8, 4) is 0 Å². The molecule has 0 atom stereocenters. The second-order valence-corrected chi connectivity index (χ2v) is 5.20. The van der Waals surface area contributed by atoms with Crippen molar-refractivity contribution in [1.29, 1.82) is 0 Å². The Labute approximate surface area is 129 Å². The molecule has 2 aromatic heterocycles. The SMILES string of the molecule is NNC(=O)Cn1c2ccc(F)cc2c2nc3ccccc3nc21. The van der Waals surface area contributed by atoms with Crippen LogP contribution in [-0.4, -0.2) is 20.4 Å². The summed E-state index contributed by atoms with van der Waals surface area (Å²) in [4.78, 5) is 20.9. The Kier molecular flexibility index (Phi) is 2.95. The number of carbonyl (C=O) groups excluding carboxylic acids is 1. The maximum absolute atomic E-state index is 13.7. The van der Waals surface area contributed by atoms with Gasteiger partial charge in [0, 0.05) is 5.39 Å². The van der Waals surface area contributed by atoms with Gasteiger partial charge in [-0.05, 0) is 30.3 Å². The fourth-order valence-corrected chi connectivity index (χ4v) is 2.76. The maximum atomic E-state index is 13.7. The van der Waals surface area contributed by atoms with Gasteiger partial charge < -0.3 is 4.57 Å². The Bertz CT molecular complexity index is 1070. The summed E-state index contributed by atoms with van der Waals surface area (Å²) in [6.45, 7) is -0.0187. The zero-order chi connectivity index (χ0) is 16.0. The largest absolute Gasteiger partial charge is 0.314 e. The molecule has 4 rings (SSSR count). The van der Waals surface area contributed by atoms with Gasteiger partial charge in [0.25, 0.3) is 5.91 Å². The van der Waals surface area contributed by atoms with Crippen molar-refractivity contribution >= 4 is 39.0 Å². The number of nitrogens with two attached hydrogens (primary N) is 1. The quantitative estimate of drug-likeness (QED) is 0.336. The van der Waals surface area contributed by atoms with Crippen LogP contribution >= 0.6 is 0 Å². The van der Waals surface area contributed by atoms with Crippen molar-refractivity contribution in [2.45, 2.75) is 6.54 Å². The average molecular weight is 309 g/mol. The van der Waals surface area contributed by atoms with E-state index in [2.05, 4.69) is 15.4 Å². The molecule has 7 heteroatoms. The highest BCUT2D eigenvalue weighted by atomic mass is 19.1. The Hall–Kier alpha value is -3.06. The molecule has 0 aliphatic heterocycles. The summed E-state index contributed by atoms with van der Waals surface area (Å²) in [5, 5.41) is 0.614. The highest BCUT2D eigenvalue weighted by Gasteiger charge is 2.16. The lowest BCUT2D eigenvalue weighted by Gasteiger charge is -2.05. The number of hydrogen-bond acceptors (Lipinski definition) is 4. The predicted molar refractivity (Wildman–Crippen MR) is 84.8 cm³/mol. The van der Waals surface area contributed by atoms with Gasteiger partial charge >= 0.3 is 0 Å². The van der Waals surface area contributed by atoms with Crippen molar-refractivity contribution in [1.82, 2.24) is 20.0 Å². The fourth-order valence-electron chi connectivity index (χ4n) is 2.76. The summed E-state index contributed by atoms with van der Waals surface area (Å²) in [7, 11) is 0. The summed E-state index contributed by atoms with van der Waals surface area (Å²) in [6.07, 6.45) is 0. The summed E-state index contributed by atoms with van der Waals surface area (Å²) in [5.41, 5.74) is 5.28. The van der Waals surface area contributed by atoms with E-state index in [0.717, 1.165) is 0 Å². The number of carbonyl (C=O) groups is 1. The number of halogens is 1. The lowest BCUT2D eigenvalue weighted by atomic mass is 10.2. The number of fused-ring (bicyclic) bond motifs is 4. The standard InChI is InChI=1S/C16H12FN5O/c17-9-5-6-13-10(7-9)15-16(22(13)8-14(23)21-18)20-12-4-2-1-3-11(12)19-15/h1-7H,8,18H2,(H,21,23). The summed E-state index contributed by atoms with van der Waals surface area (Å²) in [5.74, 6) is 4.44. The van der Waals surface area contributed by atoms with E-state index in [4.69, 9.17) is 5.84 Å². The second-order valence-electron chi connectivity index (χ2n) is 5.20. The van der Waals surface area contributed by atoms with Crippen LogP contribution in [-0.2, 0) is 11.3 Å². The molecular weight excluding hydrogens is 297 g/mol. The fraction of sp³-hybridized carbons (Fsp3) is 0.0625. The molecule has 0 radical (unpaired) electrons. The van der Waals surface area contributed by atoms with Gasteiger partial charge in [-0.25, -0.2) is 20.2 Å². The van der Waals surface area contributed by atoms with Gasteiger partial charge in [0.2, 0.25) is 0 Å². The number of nitrogens with zero attached hydrogens (tertiary/aromatic N) is 3. The molecule has 0 fully saturated rings. The van der Waals surface area contributed by atoms with Gasteiger partial charge in [-0.3, -0.25) is 10.2 Å². The molecule has 0 bridgehead atoms. The Morgan fingerprint density at radius 1 is 1.17 bits per heavy atom. The summed E-state index contributed by atoms with van der Waals surface area (Å²) < 4.78 is 15.3. The van der Waals surface area contributed by atoms with Crippen molar-refractivity contribution in [2.75, 3.05) is 0 Å². The molecule has 6 nitrogen and oxygen atoms in total. The first kappa shape index (κ1) is 13.6. The molecule has 114 valence electrons. The number of nitrogens with one attached hydrogen (secondary N) is 1. The number of para-hydroxylation sites is 2. The second kappa shape index (κ2) is 4.99. The molecular formula is C16H12FN5O. The topological polar surface area (TPSA) is 85.8 Å². The molecule has 23 heavy (non-hydrogen) atoms. The maximum Gasteiger partial charge on any atom is 0.253 e. The monoisotopic (exact) mass is 309 g/mol. The molecule has 3 N–H and O–H groups in total. The Morgan fingerprint density at radius 2 is 1.91 bits per heavy atom. The minimum atomic E-state index is -0.372. The number of benzene rings is 2. The van der Waals surface area contributed by atoms with Gasteiger partial charge in [-0.2, -0.15) is 0 Å². The first-order valence-corrected chi connectivity index (χ1v) is 7.01. The van der Waals surface area contributed by atoms with Crippen LogP contribution in [0.4, 0.5) is 4.39 Å². The smallest absolute Gasteiger partial charge is 0.253 e. The van der Waals surface area contributed by atoms with Crippen LogP contribution in [0.15, 0.2) is 42.5 Å². The third-order valence-electron chi connectivity index (χ3n) is 3.78.